The van der Waals surface area contributed by atoms with Gasteiger partial charge in [0, 0.05) is 11.9 Å². The molecule has 0 unspecified atom stereocenters. The minimum atomic E-state index is -1.03. The van der Waals surface area contributed by atoms with Gasteiger partial charge in [0.2, 0.25) is 0 Å². The standard InChI is InChI=1S/C14H10Cl2N2O3/c1-7-4-8(14(20)21)2-3-11(7)18-13(19)9-5-12(16)17-6-10(9)15/h2-6H,1H3,(H,18,19)(H,20,21). The summed E-state index contributed by atoms with van der Waals surface area (Å²) in [7, 11) is 0. The van der Waals surface area contributed by atoms with E-state index in [1.165, 1.54) is 30.5 Å². The van der Waals surface area contributed by atoms with Crippen molar-refractivity contribution in [2.75, 3.05) is 5.32 Å². The molecule has 0 saturated heterocycles. The number of pyridine rings is 1. The summed E-state index contributed by atoms with van der Waals surface area (Å²) in [6.45, 7) is 1.70. The highest BCUT2D eigenvalue weighted by atomic mass is 35.5. The van der Waals surface area contributed by atoms with Crippen molar-refractivity contribution >= 4 is 40.8 Å². The molecular weight excluding hydrogens is 315 g/mol. The number of rotatable bonds is 3. The Bertz CT molecular complexity index is 732. The summed E-state index contributed by atoms with van der Waals surface area (Å²) < 4.78 is 0. The zero-order valence-corrected chi connectivity index (χ0v) is 12.4. The number of aromatic nitrogens is 1. The van der Waals surface area contributed by atoms with Crippen LogP contribution in [0.5, 0.6) is 0 Å². The van der Waals surface area contributed by atoms with Gasteiger partial charge in [-0.1, -0.05) is 23.2 Å². The molecule has 2 N–H and O–H groups in total. The summed E-state index contributed by atoms with van der Waals surface area (Å²) in [5.41, 5.74) is 1.46. The number of nitrogens with one attached hydrogen (secondary N) is 1. The van der Waals surface area contributed by atoms with Gasteiger partial charge in [-0.15, -0.1) is 0 Å². The molecule has 0 atom stereocenters. The number of benzene rings is 1. The molecular formula is C14H10Cl2N2O3. The fourth-order valence-electron chi connectivity index (χ4n) is 1.71. The number of aryl methyl sites for hydroxylation is 1. The quantitative estimate of drug-likeness (QED) is 0.844. The van der Waals surface area contributed by atoms with E-state index in [-0.39, 0.29) is 21.3 Å². The summed E-state index contributed by atoms with van der Waals surface area (Å²) in [4.78, 5) is 26.8. The molecule has 0 aliphatic carbocycles. The number of anilines is 1. The van der Waals surface area contributed by atoms with Gasteiger partial charge in [-0.05, 0) is 36.8 Å². The lowest BCUT2D eigenvalue weighted by molar-refractivity contribution is 0.0696. The smallest absolute Gasteiger partial charge is 0.335 e. The van der Waals surface area contributed by atoms with Crippen molar-refractivity contribution in [3.8, 4) is 0 Å². The van der Waals surface area contributed by atoms with E-state index in [0.29, 0.717) is 11.3 Å². The van der Waals surface area contributed by atoms with Crippen LogP contribution in [0.1, 0.15) is 26.3 Å². The summed E-state index contributed by atoms with van der Waals surface area (Å²) in [6.07, 6.45) is 1.29. The average Bonchev–Trinajstić information content (AvgIpc) is 2.43. The van der Waals surface area contributed by atoms with E-state index in [0.717, 1.165) is 0 Å². The van der Waals surface area contributed by atoms with E-state index in [1.54, 1.807) is 6.92 Å². The fraction of sp³-hybridized carbons (Fsp3) is 0.0714. The van der Waals surface area contributed by atoms with Gasteiger partial charge in [0.05, 0.1) is 16.1 Å². The second-order valence-corrected chi connectivity index (χ2v) is 5.07. The van der Waals surface area contributed by atoms with Crippen molar-refractivity contribution in [3.05, 3.63) is 57.3 Å². The van der Waals surface area contributed by atoms with Crippen molar-refractivity contribution in [3.63, 3.8) is 0 Å². The Labute approximate surface area is 130 Å². The summed E-state index contributed by atoms with van der Waals surface area (Å²) in [5.74, 6) is -1.48. The van der Waals surface area contributed by atoms with Crippen molar-refractivity contribution in [2.45, 2.75) is 6.92 Å². The van der Waals surface area contributed by atoms with E-state index in [1.807, 2.05) is 0 Å². The second kappa shape index (κ2) is 6.11. The minimum absolute atomic E-state index is 0.149. The van der Waals surface area contributed by atoms with Gasteiger partial charge in [0.1, 0.15) is 5.15 Å². The summed E-state index contributed by atoms with van der Waals surface area (Å²) >= 11 is 11.6. The maximum atomic E-state index is 12.2. The average molecular weight is 325 g/mol. The molecule has 2 rings (SSSR count). The predicted molar refractivity (Wildman–Crippen MR) is 80.3 cm³/mol. The van der Waals surface area contributed by atoms with Crippen LogP contribution in [0.15, 0.2) is 30.5 Å². The normalized spacial score (nSPS) is 10.2. The molecule has 1 amide bonds. The number of hydrogen-bond donors (Lipinski definition) is 2. The lowest BCUT2D eigenvalue weighted by Crippen LogP contribution is -2.14. The maximum absolute atomic E-state index is 12.2. The minimum Gasteiger partial charge on any atom is -0.478 e. The molecule has 0 bridgehead atoms. The number of carbonyl (C=O) groups excluding carboxylic acids is 1. The molecule has 0 radical (unpaired) electrons. The fourth-order valence-corrected chi connectivity index (χ4v) is 2.06. The zero-order valence-electron chi connectivity index (χ0n) is 10.9. The van der Waals surface area contributed by atoms with Gasteiger partial charge in [0.15, 0.2) is 0 Å². The van der Waals surface area contributed by atoms with Gasteiger partial charge in [-0.25, -0.2) is 9.78 Å². The molecule has 0 aliphatic rings. The topological polar surface area (TPSA) is 79.3 Å². The number of aromatic carboxylic acids is 1. The van der Waals surface area contributed by atoms with Crippen LogP contribution in [-0.4, -0.2) is 22.0 Å². The van der Waals surface area contributed by atoms with Crippen LogP contribution in [0.3, 0.4) is 0 Å². The second-order valence-electron chi connectivity index (χ2n) is 4.28. The van der Waals surface area contributed by atoms with E-state index < -0.39 is 11.9 Å². The third kappa shape index (κ3) is 3.51. The Morgan fingerprint density at radius 3 is 2.57 bits per heavy atom. The van der Waals surface area contributed by atoms with Crippen molar-refractivity contribution < 1.29 is 14.7 Å². The van der Waals surface area contributed by atoms with Gasteiger partial charge in [0.25, 0.3) is 5.91 Å². The van der Waals surface area contributed by atoms with Crippen molar-refractivity contribution in [2.24, 2.45) is 0 Å². The molecule has 5 nitrogen and oxygen atoms in total. The van der Waals surface area contributed by atoms with Crippen LogP contribution >= 0.6 is 23.2 Å². The van der Waals surface area contributed by atoms with Crippen LogP contribution in [0.25, 0.3) is 0 Å². The molecule has 0 saturated carbocycles. The van der Waals surface area contributed by atoms with Crippen LogP contribution in [0.2, 0.25) is 10.2 Å². The number of carboxylic acids is 1. The Hall–Kier alpha value is -2.11. The molecule has 7 heteroatoms. The first kappa shape index (κ1) is 15.3. The Morgan fingerprint density at radius 1 is 1.24 bits per heavy atom. The first-order valence-corrected chi connectivity index (χ1v) is 6.60. The number of carboxylic acid groups (broad SMARTS) is 1. The molecule has 21 heavy (non-hydrogen) atoms. The predicted octanol–water partition coefficient (Wildman–Crippen LogP) is 3.65. The number of amides is 1. The van der Waals surface area contributed by atoms with Crippen LogP contribution in [0, 0.1) is 6.92 Å². The molecule has 0 fully saturated rings. The lowest BCUT2D eigenvalue weighted by Gasteiger charge is -2.10. The van der Waals surface area contributed by atoms with Gasteiger partial charge in [-0.2, -0.15) is 0 Å². The van der Waals surface area contributed by atoms with Gasteiger partial charge in [-0.3, -0.25) is 4.79 Å². The van der Waals surface area contributed by atoms with Crippen molar-refractivity contribution in [1.82, 2.24) is 4.98 Å². The number of halogens is 2. The largest absolute Gasteiger partial charge is 0.478 e. The monoisotopic (exact) mass is 324 g/mol. The van der Waals surface area contributed by atoms with Crippen LogP contribution in [-0.2, 0) is 0 Å². The number of carbonyl (C=O) groups is 2. The lowest BCUT2D eigenvalue weighted by atomic mass is 10.1. The van der Waals surface area contributed by atoms with E-state index in [4.69, 9.17) is 28.3 Å². The highest BCUT2D eigenvalue weighted by Gasteiger charge is 2.14. The first-order valence-electron chi connectivity index (χ1n) is 5.85. The molecule has 108 valence electrons. The first-order chi connectivity index (χ1) is 9.88. The highest BCUT2D eigenvalue weighted by Crippen LogP contribution is 2.22. The number of nitrogens with zero attached hydrogens (tertiary/aromatic N) is 1. The number of hydrogen-bond acceptors (Lipinski definition) is 3. The summed E-state index contributed by atoms with van der Waals surface area (Å²) in [6, 6.07) is 5.76. The SMILES string of the molecule is Cc1cc(C(=O)O)ccc1NC(=O)c1cc(Cl)ncc1Cl. The highest BCUT2D eigenvalue weighted by molar-refractivity contribution is 6.35. The summed E-state index contributed by atoms with van der Waals surface area (Å²) in [5, 5.41) is 11.9. The Balaban J connectivity index is 2.27. The van der Waals surface area contributed by atoms with Crippen molar-refractivity contribution in [1.29, 1.82) is 0 Å². The third-order valence-electron chi connectivity index (χ3n) is 2.79. The van der Waals surface area contributed by atoms with E-state index in [9.17, 15) is 9.59 Å². The molecule has 0 spiro atoms. The van der Waals surface area contributed by atoms with Crippen LogP contribution < -0.4 is 5.32 Å². The third-order valence-corrected chi connectivity index (χ3v) is 3.30. The zero-order chi connectivity index (χ0) is 15.6. The van der Waals surface area contributed by atoms with Crippen LogP contribution in [0.4, 0.5) is 5.69 Å². The van der Waals surface area contributed by atoms with E-state index in [2.05, 4.69) is 10.3 Å². The Kier molecular flexibility index (Phi) is 4.45. The van der Waals surface area contributed by atoms with Gasteiger partial charge < -0.3 is 10.4 Å². The molecule has 1 aromatic carbocycles. The van der Waals surface area contributed by atoms with E-state index >= 15 is 0 Å². The van der Waals surface area contributed by atoms with Gasteiger partial charge >= 0.3 is 5.97 Å². The molecule has 0 aliphatic heterocycles. The maximum Gasteiger partial charge on any atom is 0.335 e. The molecule has 2 aromatic rings. The molecule has 1 aromatic heterocycles. The molecule has 1 heterocycles. The Morgan fingerprint density at radius 2 is 1.95 bits per heavy atom.